The Morgan fingerprint density at radius 3 is 2.94 bits per heavy atom. The third-order valence-electron chi connectivity index (χ3n) is 2.29. The van der Waals surface area contributed by atoms with Crippen LogP contribution in [0.3, 0.4) is 0 Å². The zero-order valence-corrected chi connectivity index (χ0v) is 10.3. The van der Waals surface area contributed by atoms with Gasteiger partial charge in [-0.25, -0.2) is 4.68 Å². The second-order valence-corrected chi connectivity index (χ2v) is 3.98. The Morgan fingerprint density at radius 2 is 2.33 bits per heavy atom. The summed E-state index contributed by atoms with van der Waals surface area (Å²) in [6.07, 6.45) is 1.71. The highest BCUT2D eigenvalue weighted by Gasteiger charge is 2.11. The number of benzene rings is 1. The monoisotopic (exact) mass is 267 g/mol. The summed E-state index contributed by atoms with van der Waals surface area (Å²) >= 11 is 5.99. The van der Waals surface area contributed by atoms with Crippen molar-refractivity contribution in [1.82, 2.24) is 20.3 Å². The lowest BCUT2D eigenvalue weighted by molar-refractivity contribution is -0.384. The molecule has 0 saturated carbocycles. The summed E-state index contributed by atoms with van der Waals surface area (Å²) < 4.78 is 1.48. The van der Waals surface area contributed by atoms with Gasteiger partial charge in [-0.3, -0.25) is 10.1 Å². The second kappa shape index (κ2) is 5.11. The number of hydrogen-bond acceptors (Lipinski definition) is 5. The van der Waals surface area contributed by atoms with Crippen LogP contribution in [0.4, 0.5) is 5.69 Å². The first-order valence-electron chi connectivity index (χ1n) is 5.12. The summed E-state index contributed by atoms with van der Waals surface area (Å²) in [7, 11) is 1.80. The van der Waals surface area contributed by atoms with Crippen molar-refractivity contribution in [3.63, 3.8) is 0 Å². The van der Waals surface area contributed by atoms with Crippen LogP contribution in [-0.2, 0) is 6.54 Å². The van der Waals surface area contributed by atoms with Crippen molar-refractivity contribution in [2.24, 2.45) is 0 Å². The van der Waals surface area contributed by atoms with Crippen LogP contribution in [0.15, 0.2) is 24.4 Å². The molecule has 0 unspecified atom stereocenters. The van der Waals surface area contributed by atoms with E-state index in [1.807, 2.05) is 0 Å². The molecule has 1 N–H and O–H groups in total. The molecule has 1 heterocycles. The summed E-state index contributed by atoms with van der Waals surface area (Å²) in [5.41, 5.74) is 1.25. The summed E-state index contributed by atoms with van der Waals surface area (Å²) in [5, 5.41) is 21.6. The van der Waals surface area contributed by atoms with E-state index in [-0.39, 0.29) is 10.7 Å². The molecule has 18 heavy (non-hydrogen) atoms. The number of nitro groups is 1. The quantitative estimate of drug-likeness (QED) is 0.671. The highest BCUT2D eigenvalue weighted by molar-refractivity contribution is 6.32. The molecule has 2 aromatic rings. The van der Waals surface area contributed by atoms with Crippen LogP contribution < -0.4 is 5.32 Å². The van der Waals surface area contributed by atoms with Gasteiger partial charge in [-0.15, -0.1) is 5.10 Å². The van der Waals surface area contributed by atoms with Gasteiger partial charge in [0.2, 0.25) is 0 Å². The average Bonchev–Trinajstić information content (AvgIpc) is 2.77. The van der Waals surface area contributed by atoms with E-state index in [2.05, 4.69) is 15.6 Å². The number of aromatic nitrogens is 3. The van der Waals surface area contributed by atoms with Gasteiger partial charge in [0.05, 0.1) is 27.5 Å². The van der Waals surface area contributed by atoms with E-state index in [1.54, 1.807) is 13.2 Å². The molecule has 0 spiro atoms. The SMILES string of the molecule is CNCc1cn(-c2ccc([N+](=O)[O-])cc2Cl)nn1. The minimum Gasteiger partial charge on any atom is -0.314 e. The lowest BCUT2D eigenvalue weighted by atomic mass is 10.3. The van der Waals surface area contributed by atoms with Crippen molar-refractivity contribution < 1.29 is 4.92 Å². The highest BCUT2D eigenvalue weighted by Crippen LogP contribution is 2.24. The van der Waals surface area contributed by atoms with Crippen LogP contribution in [-0.4, -0.2) is 27.0 Å². The number of rotatable bonds is 4. The number of non-ortho nitro benzene ring substituents is 1. The van der Waals surface area contributed by atoms with Crippen molar-refractivity contribution >= 4 is 17.3 Å². The summed E-state index contributed by atoms with van der Waals surface area (Å²) in [6.45, 7) is 0.588. The van der Waals surface area contributed by atoms with Crippen molar-refractivity contribution in [2.75, 3.05) is 7.05 Å². The number of nitro benzene ring substituents is 1. The topological polar surface area (TPSA) is 85.9 Å². The zero-order chi connectivity index (χ0) is 13.1. The van der Waals surface area contributed by atoms with E-state index < -0.39 is 4.92 Å². The Hall–Kier alpha value is -1.99. The van der Waals surface area contributed by atoms with E-state index in [0.717, 1.165) is 5.69 Å². The van der Waals surface area contributed by atoms with Crippen molar-refractivity contribution in [1.29, 1.82) is 0 Å². The fourth-order valence-corrected chi connectivity index (χ4v) is 1.73. The summed E-state index contributed by atoms with van der Waals surface area (Å²) in [4.78, 5) is 10.1. The van der Waals surface area contributed by atoms with Gasteiger partial charge in [-0.05, 0) is 13.1 Å². The van der Waals surface area contributed by atoms with Crippen LogP contribution in [0.2, 0.25) is 5.02 Å². The van der Waals surface area contributed by atoms with Gasteiger partial charge in [0.15, 0.2) is 0 Å². The van der Waals surface area contributed by atoms with E-state index >= 15 is 0 Å². The highest BCUT2D eigenvalue weighted by atomic mass is 35.5. The molecule has 0 aliphatic rings. The third kappa shape index (κ3) is 2.47. The molecule has 8 heteroatoms. The molecular formula is C10H10ClN5O2. The van der Waals surface area contributed by atoms with Crippen LogP contribution in [0, 0.1) is 10.1 Å². The Labute approximate surface area is 108 Å². The number of nitrogens with zero attached hydrogens (tertiary/aromatic N) is 4. The molecule has 94 valence electrons. The van der Waals surface area contributed by atoms with Crippen molar-refractivity contribution in [3.05, 3.63) is 45.2 Å². The zero-order valence-electron chi connectivity index (χ0n) is 9.50. The minimum atomic E-state index is -0.497. The van der Waals surface area contributed by atoms with Gasteiger partial charge in [-0.2, -0.15) is 0 Å². The van der Waals surface area contributed by atoms with Crippen molar-refractivity contribution in [2.45, 2.75) is 6.54 Å². The smallest absolute Gasteiger partial charge is 0.271 e. The van der Waals surface area contributed by atoms with Crippen LogP contribution >= 0.6 is 11.6 Å². The fraction of sp³-hybridized carbons (Fsp3) is 0.200. The van der Waals surface area contributed by atoms with Gasteiger partial charge < -0.3 is 5.32 Å². The van der Waals surface area contributed by atoms with Gasteiger partial charge in [0, 0.05) is 18.7 Å². The Bertz CT molecular complexity index is 583. The number of hydrogen-bond donors (Lipinski definition) is 1. The predicted molar refractivity (Wildman–Crippen MR) is 65.8 cm³/mol. The maximum absolute atomic E-state index is 10.6. The second-order valence-electron chi connectivity index (χ2n) is 3.58. The first-order chi connectivity index (χ1) is 8.61. The lowest BCUT2D eigenvalue weighted by Gasteiger charge is -2.02. The summed E-state index contributed by atoms with van der Waals surface area (Å²) in [5.74, 6) is 0. The molecule has 0 atom stereocenters. The van der Waals surface area contributed by atoms with E-state index in [1.165, 1.54) is 22.9 Å². The Morgan fingerprint density at radius 1 is 1.56 bits per heavy atom. The molecule has 2 rings (SSSR count). The molecule has 0 fully saturated rings. The van der Waals surface area contributed by atoms with E-state index in [4.69, 9.17) is 11.6 Å². The van der Waals surface area contributed by atoms with Crippen LogP contribution in [0.5, 0.6) is 0 Å². The standard InChI is InChI=1S/C10H10ClN5O2/c1-12-5-7-6-15(14-13-7)10-3-2-8(16(17)18)4-9(10)11/h2-4,6,12H,5H2,1H3. The third-order valence-corrected chi connectivity index (χ3v) is 2.59. The number of nitrogens with one attached hydrogen (secondary N) is 1. The van der Waals surface area contributed by atoms with E-state index in [0.29, 0.717) is 12.2 Å². The number of halogens is 1. The van der Waals surface area contributed by atoms with E-state index in [9.17, 15) is 10.1 Å². The molecule has 0 bridgehead atoms. The molecule has 0 radical (unpaired) electrons. The molecule has 0 amide bonds. The van der Waals surface area contributed by atoms with Gasteiger partial charge in [0.1, 0.15) is 0 Å². The molecule has 1 aromatic heterocycles. The normalized spacial score (nSPS) is 10.6. The molecule has 0 aliphatic carbocycles. The average molecular weight is 268 g/mol. The van der Waals surface area contributed by atoms with Crippen LogP contribution in [0.1, 0.15) is 5.69 Å². The largest absolute Gasteiger partial charge is 0.314 e. The van der Waals surface area contributed by atoms with Crippen molar-refractivity contribution in [3.8, 4) is 5.69 Å². The lowest BCUT2D eigenvalue weighted by Crippen LogP contribution is -2.05. The fourth-order valence-electron chi connectivity index (χ4n) is 1.47. The van der Waals surface area contributed by atoms with Gasteiger partial charge >= 0.3 is 0 Å². The summed E-state index contributed by atoms with van der Waals surface area (Å²) in [6, 6.07) is 4.20. The predicted octanol–water partition coefficient (Wildman–Crippen LogP) is 1.55. The first-order valence-corrected chi connectivity index (χ1v) is 5.49. The minimum absolute atomic E-state index is 0.0562. The van der Waals surface area contributed by atoms with Crippen LogP contribution in [0.25, 0.3) is 5.69 Å². The van der Waals surface area contributed by atoms with Gasteiger partial charge in [0.25, 0.3) is 5.69 Å². The Kier molecular flexibility index (Phi) is 3.54. The maximum atomic E-state index is 10.6. The van der Waals surface area contributed by atoms with Gasteiger partial charge in [-0.1, -0.05) is 16.8 Å². The molecule has 1 aromatic carbocycles. The Balaban J connectivity index is 2.35. The maximum Gasteiger partial charge on any atom is 0.271 e. The molecule has 0 saturated heterocycles. The first kappa shape index (κ1) is 12.5. The molecule has 7 nitrogen and oxygen atoms in total. The molecular weight excluding hydrogens is 258 g/mol. The molecule has 0 aliphatic heterocycles.